The van der Waals surface area contributed by atoms with Crippen LogP contribution in [-0.2, 0) is 14.4 Å². The minimum absolute atomic E-state index is 0.269. The molecule has 6 rings (SSSR count). The van der Waals surface area contributed by atoms with Gasteiger partial charge in [0.15, 0.2) is 5.78 Å². The predicted octanol–water partition coefficient (Wildman–Crippen LogP) is 4.77. The molecule has 37 heavy (non-hydrogen) atoms. The molecule has 3 aliphatic heterocycles. The quantitative estimate of drug-likeness (QED) is 0.199. The number of carbonyl (C=O) groups is 4. The molecule has 0 aliphatic carbocycles. The Morgan fingerprint density at radius 1 is 0.865 bits per heavy atom. The Balaban J connectivity index is 1.44. The summed E-state index contributed by atoms with van der Waals surface area (Å²) in [6, 6.07) is 19.7. The summed E-state index contributed by atoms with van der Waals surface area (Å²) in [6.45, 7) is 1.30. The van der Waals surface area contributed by atoms with Crippen molar-refractivity contribution < 1.29 is 23.9 Å². The number of imide groups is 1. The average Bonchev–Trinajstić information content (AvgIpc) is 3.37. The zero-order valence-electron chi connectivity index (χ0n) is 19.7. The highest BCUT2D eigenvalue weighted by molar-refractivity contribution is 9.10. The van der Waals surface area contributed by atoms with Crippen LogP contribution in [0.2, 0.25) is 0 Å². The van der Waals surface area contributed by atoms with Crippen LogP contribution in [0, 0.1) is 11.8 Å². The summed E-state index contributed by atoms with van der Waals surface area (Å²) in [4.78, 5) is 56.1. The second kappa shape index (κ2) is 8.81. The molecular weight excluding hydrogens is 536 g/mol. The molecule has 0 aromatic heterocycles. The van der Waals surface area contributed by atoms with Crippen LogP contribution < -0.4 is 9.64 Å². The van der Waals surface area contributed by atoms with E-state index in [0.717, 1.165) is 15.6 Å². The molecule has 0 unspecified atom stereocenters. The number of benzene rings is 3. The molecule has 0 radical (unpaired) electrons. The van der Waals surface area contributed by atoms with Crippen LogP contribution in [-0.4, -0.2) is 34.5 Å². The van der Waals surface area contributed by atoms with Crippen molar-refractivity contribution in [3.05, 3.63) is 100 Å². The Hall–Kier alpha value is -4.04. The van der Waals surface area contributed by atoms with Crippen LogP contribution in [0.5, 0.6) is 5.75 Å². The summed E-state index contributed by atoms with van der Waals surface area (Å²) < 4.78 is 5.92. The Bertz CT molecular complexity index is 1480. The number of esters is 1. The van der Waals surface area contributed by atoms with Crippen molar-refractivity contribution in [3.8, 4) is 5.75 Å². The lowest BCUT2D eigenvalue weighted by Crippen LogP contribution is -2.44. The van der Waals surface area contributed by atoms with Gasteiger partial charge in [-0.3, -0.25) is 19.2 Å². The van der Waals surface area contributed by atoms with E-state index in [2.05, 4.69) is 15.9 Å². The van der Waals surface area contributed by atoms with Crippen LogP contribution in [0.1, 0.15) is 34.5 Å². The Morgan fingerprint density at radius 2 is 1.54 bits per heavy atom. The minimum atomic E-state index is -0.865. The van der Waals surface area contributed by atoms with Crippen LogP contribution in [0.4, 0.5) is 5.69 Å². The Labute approximate surface area is 221 Å². The number of ether oxygens (including phenoxy) is 1. The molecule has 3 heterocycles. The van der Waals surface area contributed by atoms with E-state index in [9.17, 15) is 19.2 Å². The fraction of sp³-hybridized carbons (Fsp3) is 0.172. The third-order valence-corrected chi connectivity index (χ3v) is 7.74. The number of amides is 2. The first-order valence-electron chi connectivity index (χ1n) is 11.9. The van der Waals surface area contributed by atoms with Gasteiger partial charge >= 0.3 is 5.97 Å². The Morgan fingerprint density at radius 3 is 2.24 bits per heavy atom. The van der Waals surface area contributed by atoms with Crippen molar-refractivity contribution in [2.45, 2.75) is 19.0 Å². The minimum Gasteiger partial charge on any atom is -0.427 e. The molecule has 2 fully saturated rings. The molecule has 7 nitrogen and oxygen atoms in total. The van der Waals surface area contributed by atoms with Crippen molar-refractivity contribution >= 4 is 51.3 Å². The first kappa shape index (κ1) is 23.4. The SMILES string of the molecule is CC(=O)Oc1ccc(C(=O)[C@@H]2[C@H]3C(=O)N(c4ccc(Br)cc4)C(=O)[C@H]3[C@@H]3c4ccccc4C=CN23)cc1. The molecule has 2 saturated heterocycles. The number of Topliss-reactive ketones (excluding diaryl/α,β-unsaturated/α-hetero) is 1. The van der Waals surface area contributed by atoms with Crippen LogP contribution in [0.3, 0.4) is 0 Å². The van der Waals surface area contributed by atoms with Gasteiger partial charge in [-0.15, -0.1) is 0 Å². The highest BCUT2D eigenvalue weighted by Crippen LogP contribution is 2.53. The first-order chi connectivity index (χ1) is 17.8. The summed E-state index contributed by atoms with van der Waals surface area (Å²) in [6.07, 6.45) is 3.74. The summed E-state index contributed by atoms with van der Waals surface area (Å²) in [7, 11) is 0. The number of halogens is 1. The third-order valence-electron chi connectivity index (χ3n) is 7.22. The van der Waals surface area contributed by atoms with E-state index in [1.807, 2.05) is 41.4 Å². The van der Waals surface area contributed by atoms with Gasteiger partial charge < -0.3 is 9.64 Å². The smallest absolute Gasteiger partial charge is 0.308 e. The molecule has 0 spiro atoms. The monoisotopic (exact) mass is 556 g/mol. The van der Waals surface area contributed by atoms with Gasteiger partial charge in [0.2, 0.25) is 11.8 Å². The van der Waals surface area contributed by atoms with Crippen molar-refractivity contribution in [3.63, 3.8) is 0 Å². The topological polar surface area (TPSA) is 84.0 Å². The number of ketones is 1. The molecule has 2 amide bonds. The average molecular weight is 557 g/mol. The summed E-state index contributed by atoms with van der Waals surface area (Å²) in [5, 5.41) is 0. The lowest BCUT2D eigenvalue weighted by Gasteiger charge is -2.35. The van der Waals surface area contributed by atoms with Crippen molar-refractivity contribution in [1.29, 1.82) is 0 Å². The molecule has 0 saturated carbocycles. The van der Waals surface area contributed by atoms with Gasteiger partial charge in [0.05, 0.1) is 23.6 Å². The van der Waals surface area contributed by atoms with Crippen molar-refractivity contribution in [1.82, 2.24) is 4.90 Å². The van der Waals surface area contributed by atoms with E-state index in [-0.39, 0.29) is 17.6 Å². The molecule has 4 atom stereocenters. The van der Waals surface area contributed by atoms with Gasteiger partial charge in [-0.1, -0.05) is 40.2 Å². The van der Waals surface area contributed by atoms with Crippen molar-refractivity contribution in [2.24, 2.45) is 11.8 Å². The van der Waals surface area contributed by atoms with Gasteiger partial charge in [-0.2, -0.15) is 0 Å². The van der Waals surface area contributed by atoms with E-state index in [0.29, 0.717) is 17.0 Å². The second-order valence-electron chi connectivity index (χ2n) is 9.30. The largest absolute Gasteiger partial charge is 0.427 e. The maximum atomic E-state index is 14.0. The summed E-state index contributed by atoms with van der Waals surface area (Å²) in [5.74, 6) is -2.65. The van der Waals surface area contributed by atoms with Gasteiger partial charge in [0.25, 0.3) is 0 Å². The third kappa shape index (κ3) is 3.71. The highest BCUT2D eigenvalue weighted by atomic mass is 79.9. The number of carbonyl (C=O) groups excluding carboxylic acids is 4. The molecule has 3 aromatic carbocycles. The predicted molar refractivity (Wildman–Crippen MR) is 140 cm³/mol. The van der Waals surface area contributed by atoms with Crippen LogP contribution in [0.15, 0.2) is 83.5 Å². The van der Waals surface area contributed by atoms with E-state index in [4.69, 9.17) is 4.74 Å². The fourth-order valence-corrected chi connectivity index (χ4v) is 5.99. The van der Waals surface area contributed by atoms with Gasteiger partial charge in [-0.05, 0) is 65.7 Å². The van der Waals surface area contributed by atoms with E-state index in [1.165, 1.54) is 11.8 Å². The Kier molecular flexibility index (Phi) is 5.56. The fourth-order valence-electron chi connectivity index (χ4n) is 5.73. The van der Waals surface area contributed by atoms with E-state index < -0.39 is 29.9 Å². The van der Waals surface area contributed by atoms with E-state index in [1.54, 1.807) is 48.5 Å². The lowest BCUT2D eigenvalue weighted by molar-refractivity contribution is -0.132. The molecule has 8 heteroatoms. The number of fused-ring (bicyclic) bond motifs is 5. The highest BCUT2D eigenvalue weighted by Gasteiger charge is 2.64. The normalized spacial score (nSPS) is 23.5. The standard InChI is InChI=1S/C29H21BrN2O5/c1-16(33)37-21-12-6-18(7-13-21)27(34)26-24-23(25-22-5-3-2-4-17(22)14-15-31(25)26)28(35)32(29(24)36)20-10-8-19(30)9-11-20/h2-15,23-26H,1H3/t23-,24+,25+,26+/m1/s1. The number of nitrogens with zero attached hydrogens (tertiary/aromatic N) is 2. The molecule has 0 N–H and O–H groups in total. The van der Waals surface area contributed by atoms with Crippen LogP contribution >= 0.6 is 15.9 Å². The van der Waals surface area contributed by atoms with Crippen molar-refractivity contribution in [2.75, 3.05) is 4.90 Å². The molecule has 0 bridgehead atoms. The zero-order chi connectivity index (χ0) is 25.8. The number of rotatable bonds is 4. The molecule has 184 valence electrons. The lowest BCUT2D eigenvalue weighted by atomic mass is 9.83. The van der Waals surface area contributed by atoms with Gasteiger partial charge in [0, 0.05) is 23.2 Å². The molecular formula is C29H21BrN2O5. The number of hydrogen-bond donors (Lipinski definition) is 0. The molecule has 3 aliphatic rings. The maximum absolute atomic E-state index is 14.0. The second-order valence-corrected chi connectivity index (χ2v) is 10.2. The number of anilines is 1. The summed E-state index contributed by atoms with van der Waals surface area (Å²) >= 11 is 3.39. The van der Waals surface area contributed by atoms with E-state index >= 15 is 0 Å². The first-order valence-corrected chi connectivity index (χ1v) is 12.6. The maximum Gasteiger partial charge on any atom is 0.308 e. The molecule has 3 aromatic rings. The zero-order valence-corrected chi connectivity index (χ0v) is 21.3. The van der Waals surface area contributed by atoms with Gasteiger partial charge in [0.1, 0.15) is 11.8 Å². The summed E-state index contributed by atoms with van der Waals surface area (Å²) in [5.41, 5.74) is 2.73. The number of hydrogen-bond acceptors (Lipinski definition) is 6. The van der Waals surface area contributed by atoms with Gasteiger partial charge in [-0.25, -0.2) is 4.90 Å². The van der Waals surface area contributed by atoms with Crippen LogP contribution in [0.25, 0.3) is 6.08 Å².